The van der Waals surface area contributed by atoms with Gasteiger partial charge in [0.1, 0.15) is 0 Å². The number of hydrazine groups is 1. The molecule has 0 spiro atoms. The van der Waals surface area contributed by atoms with Gasteiger partial charge < -0.3 is 0 Å². The van der Waals surface area contributed by atoms with E-state index in [0.29, 0.717) is 12.8 Å². The van der Waals surface area contributed by atoms with Crippen LogP contribution in [0.1, 0.15) is 46.5 Å². The highest BCUT2D eigenvalue weighted by Crippen LogP contribution is 2.43. The Bertz CT molecular complexity index is 461. The number of carbonyl (C=O) groups excluding carboxylic acids is 2. The molecule has 1 fully saturated rings. The van der Waals surface area contributed by atoms with Crippen LogP contribution < -0.4 is 10.9 Å². The zero-order chi connectivity index (χ0) is 14.0. The zero-order valence-corrected chi connectivity index (χ0v) is 11.9. The maximum atomic E-state index is 11.9. The van der Waals surface area contributed by atoms with Crippen molar-refractivity contribution >= 4 is 11.8 Å². The summed E-state index contributed by atoms with van der Waals surface area (Å²) in [5.41, 5.74) is 6.97. The normalized spacial score (nSPS) is 29.8. The molecule has 2 aliphatic rings. The summed E-state index contributed by atoms with van der Waals surface area (Å²) in [4.78, 5) is 23.9. The third kappa shape index (κ3) is 2.72. The SMILES string of the molecule is CC(C)=CCCC1=CC[C@]2(C)C(=O)NNC(=O)[C@@H]2C1. The maximum Gasteiger partial charge on any atom is 0.245 e. The van der Waals surface area contributed by atoms with E-state index in [0.717, 1.165) is 12.8 Å². The molecule has 0 aromatic carbocycles. The molecule has 0 aromatic heterocycles. The number of rotatable bonds is 3. The molecule has 0 saturated carbocycles. The van der Waals surface area contributed by atoms with E-state index in [1.54, 1.807) is 0 Å². The fraction of sp³-hybridized carbons (Fsp3) is 0.600. The van der Waals surface area contributed by atoms with E-state index >= 15 is 0 Å². The fourth-order valence-electron chi connectivity index (χ4n) is 2.80. The predicted molar refractivity (Wildman–Crippen MR) is 73.9 cm³/mol. The Labute approximate surface area is 114 Å². The first kappa shape index (κ1) is 13.8. The highest BCUT2D eigenvalue weighted by Gasteiger charge is 2.49. The summed E-state index contributed by atoms with van der Waals surface area (Å²) in [6.07, 6.45) is 7.70. The molecule has 2 amide bonds. The second kappa shape index (κ2) is 5.19. The van der Waals surface area contributed by atoms with E-state index in [9.17, 15) is 9.59 Å². The molecule has 2 rings (SSSR count). The van der Waals surface area contributed by atoms with Crippen LogP contribution in [0.5, 0.6) is 0 Å². The molecule has 2 atom stereocenters. The standard InChI is InChI=1S/C15H22N2O2/c1-10(2)5-4-6-11-7-8-15(3)12(9-11)13(18)16-17-14(15)19/h5,7,12H,4,6,8-9H2,1-3H3,(H,16,18)(H,17,19)/t12-,15-/m0/s1. The van der Waals surface area contributed by atoms with Gasteiger partial charge in [-0.3, -0.25) is 20.4 Å². The molecule has 4 nitrogen and oxygen atoms in total. The molecule has 0 radical (unpaired) electrons. The lowest BCUT2D eigenvalue weighted by Gasteiger charge is -2.41. The number of amides is 2. The first-order valence-electron chi connectivity index (χ1n) is 6.85. The number of fused-ring (bicyclic) bond motifs is 1. The van der Waals surface area contributed by atoms with Crippen molar-refractivity contribution in [2.75, 3.05) is 0 Å². The summed E-state index contributed by atoms with van der Waals surface area (Å²) in [6.45, 7) is 6.06. The molecule has 2 N–H and O–H groups in total. The lowest BCUT2D eigenvalue weighted by molar-refractivity contribution is -0.150. The molecule has 1 aliphatic carbocycles. The third-order valence-corrected chi connectivity index (χ3v) is 4.20. The van der Waals surface area contributed by atoms with Crippen LogP contribution in [-0.4, -0.2) is 11.8 Å². The van der Waals surface area contributed by atoms with Crippen molar-refractivity contribution in [3.8, 4) is 0 Å². The average Bonchev–Trinajstić information content (AvgIpc) is 2.35. The van der Waals surface area contributed by atoms with Crippen LogP contribution in [0.25, 0.3) is 0 Å². The van der Waals surface area contributed by atoms with Gasteiger partial charge >= 0.3 is 0 Å². The second-order valence-corrected chi connectivity index (χ2v) is 6.00. The number of allylic oxidation sites excluding steroid dienone is 4. The molecular weight excluding hydrogens is 240 g/mol. The van der Waals surface area contributed by atoms with Gasteiger partial charge in [0.05, 0.1) is 11.3 Å². The van der Waals surface area contributed by atoms with Crippen LogP contribution in [-0.2, 0) is 9.59 Å². The fourth-order valence-corrected chi connectivity index (χ4v) is 2.80. The smallest absolute Gasteiger partial charge is 0.245 e. The van der Waals surface area contributed by atoms with Gasteiger partial charge in [-0.15, -0.1) is 0 Å². The minimum Gasteiger partial charge on any atom is -0.273 e. The highest BCUT2D eigenvalue weighted by atomic mass is 16.2. The van der Waals surface area contributed by atoms with E-state index in [2.05, 4.69) is 36.9 Å². The van der Waals surface area contributed by atoms with Crippen molar-refractivity contribution in [2.45, 2.75) is 46.5 Å². The van der Waals surface area contributed by atoms with E-state index in [-0.39, 0.29) is 17.7 Å². The maximum absolute atomic E-state index is 11.9. The monoisotopic (exact) mass is 262 g/mol. The highest BCUT2D eigenvalue weighted by molar-refractivity contribution is 5.95. The first-order valence-corrected chi connectivity index (χ1v) is 6.85. The first-order chi connectivity index (χ1) is 8.93. The summed E-state index contributed by atoms with van der Waals surface area (Å²) in [6, 6.07) is 0. The van der Waals surface area contributed by atoms with Gasteiger partial charge in [-0.1, -0.05) is 23.3 Å². The zero-order valence-electron chi connectivity index (χ0n) is 11.9. The van der Waals surface area contributed by atoms with Crippen LogP contribution in [0.3, 0.4) is 0 Å². The Morgan fingerprint density at radius 2 is 2.16 bits per heavy atom. The molecule has 0 unspecified atom stereocenters. The summed E-state index contributed by atoms with van der Waals surface area (Å²) >= 11 is 0. The molecule has 0 aromatic rings. The predicted octanol–water partition coefficient (Wildman–Crippen LogP) is 2.24. The number of hydrogen-bond donors (Lipinski definition) is 2. The summed E-state index contributed by atoms with van der Waals surface area (Å²) in [5, 5.41) is 0. The number of nitrogens with one attached hydrogen (secondary N) is 2. The molecule has 1 heterocycles. The van der Waals surface area contributed by atoms with E-state index in [1.165, 1.54) is 11.1 Å². The molecule has 1 saturated heterocycles. The van der Waals surface area contributed by atoms with Crippen molar-refractivity contribution < 1.29 is 9.59 Å². The average molecular weight is 262 g/mol. The number of hydrogen-bond acceptors (Lipinski definition) is 2. The summed E-state index contributed by atoms with van der Waals surface area (Å²) < 4.78 is 0. The largest absolute Gasteiger partial charge is 0.273 e. The minimum absolute atomic E-state index is 0.0603. The van der Waals surface area contributed by atoms with E-state index < -0.39 is 5.41 Å². The molecule has 104 valence electrons. The van der Waals surface area contributed by atoms with Crippen LogP contribution >= 0.6 is 0 Å². The van der Waals surface area contributed by atoms with Crippen molar-refractivity contribution in [3.63, 3.8) is 0 Å². The van der Waals surface area contributed by atoms with Gasteiger partial charge in [-0.05, 0) is 46.5 Å². The lowest BCUT2D eigenvalue weighted by atomic mass is 9.66. The van der Waals surface area contributed by atoms with E-state index in [4.69, 9.17) is 0 Å². The van der Waals surface area contributed by atoms with Crippen LogP contribution in [0.2, 0.25) is 0 Å². The molecule has 0 bridgehead atoms. The van der Waals surface area contributed by atoms with Gasteiger partial charge in [0.15, 0.2) is 0 Å². The van der Waals surface area contributed by atoms with Gasteiger partial charge in [-0.25, -0.2) is 0 Å². The van der Waals surface area contributed by atoms with Gasteiger partial charge in [0, 0.05) is 0 Å². The van der Waals surface area contributed by atoms with Gasteiger partial charge in [-0.2, -0.15) is 0 Å². The number of carbonyl (C=O) groups is 2. The van der Waals surface area contributed by atoms with E-state index in [1.807, 2.05) is 6.92 Å². The van der Waals surface area contributed by atoms with Gasteiger partial charge in [0.2, 0.25) is 11.8 Å². The quantitative estimate of drug-likeness (QED) is 0.766. The third-order valence-electron chi connectivity index (χ3n) is 4.20. The second-order valence-electron chi connectivity index (χ2n) is 6.00. The van der Waals surface area contributed by atoms with Gasteiger partial charge in [0.25, 0.3) is 0 Å². The van der Waals surface area contributed by atoms with Crippen LogP contribution in [0.4, 0.5) is 0 Å². The van der Waals surface area contributed by atoms with Crippen LogP contribution in [0.15, 0.2) is 23.3 Å². The molecular formula is C15H22N2O2. The summed E-state index contributed by atoms with van der Waals surface area (Å²) in [5.74, 6) is -0.362. The Balaban J connectivity index is 2.08. The van der Waals surface area contributed by atoms with Crippen molar-refractivity contribution in [2.24, 2.45) is 11.3 Å². The Morgan fingerprint density at radius 1 is 1.42 bits per heavy atom. The molecule has 19 heavy (non-hydrogen) atoms. The Kier molecular flexibility index (Phi) is 3.78. The molecule has 1 aliphatic heterocycles. The minimum atomic E-state index is -0.581. The molecule has 4 heteroatoms. The van der Waals surface area contributed by atoms with Crippen molar-refractivity contribution in [1.29, 1.82) is 0 Å². The van der Waals surface area contributed by atoms with Crippen molar-refractivity contribution in [3.05, 3.63) is 23.3 Å². The lowest BCUT2D eigenvalue weighted by Crippen LogP contribution is -2.61. The Hall–Kier alpha value is -1.58. The Morgan fingerprint density at radius 3 is 2.84 bits per heavy atom. The van der Waals surface area contributed by atoms with Crippen LogP contribution in [0, 0.1) is 11.3 Å². The summed E-state index contributed by atoms with van der Waals surface area (Å²) in [7, 11) is 0. The van der Waals surface area contributed by atoms with Crippen molar-refractivity contribution in [1.82, 2.24) is 10.9 Å². The topological polar surface area (TPSA) is 58.2 Å².